The minimum absolute atomic E-state index is 0.731. The van der Waals surface area contributed by atoms with Gasteiger partial charge in [-0.2, -0.15) is 0 Å². The second-order valence-electron chi connectivity index (χ2n) is 5.15. The first kappa shape index (κ1) is 14.5. The summed E-state index contributed by atoms with van der Waals surface area (Å²) in [6.07, 6.45) is 8.49. The number of allylic oxidation sites excluding steroid dienone is 4. The second-order valence-corrected chi connectivity index (χ2v) is 5.15. The van der Waals surface area contributed by atoms with Crippen molar-refractivity contribution in [3.05, 3.63) is 23.3 Å². The molecule has 0 amide bonds. The van der Waals surface area contributed by atoms with Gasteiger partial charge in [0.2, 0.25) is 0 Å². The fourth-order valence-corrected chi connectivity index (χ4v) is 1.43. The summed E-state index contributed by atoms with van der Waals surface area (Å²) in [4.78, 5) is 0. The highest BCUT2D eigenvalue weighted by Gasteiger charge is 2.06. The Morgan fingerprint density at radius 2 is 1.60 bits per heavy atom. The Bertz CT molecular complexity index is 216. The number of hydrogen-bond acceptors (Lipinski definition) is 0. The van der Waals surface area contributed by atoms with Crippen molar-refractivity contribution in [1.29, 1.82) is 0 Å². The first-order valence-electron chi connectivity index (χ1n) is 6.29. The van der Waals surface area contributed by atoms with Crippen LogP contribution < -0.4 is 0 Å². The molecule has 0 aliphatic carbocycles. The van der Waals surface area contributed by atoms with Crippen molar-refractivity contribution in [1.82, 2.24) is 0 Å². The quantitative estimate of drug-likeness (QED) is 0.515. The zero-order valence-electron chi connectivity index (χ0n) is 11.4. The molecule has 0 N–H and O–H groups in total. The van der Waals surface area contributed by atoms with Crippen LogP contribution in [0.15, 0.2) is 23.3 Å². The lowest BCUT2D eigenvalue weighted by atomic mass is 9.92. The van der Waals surface area contributed by atoms with Gasteiger partial charge in [0.05, 0.1) is 0 Å². The van der Waals surface area contributed by atoms with Crippen LogP contribution in [0.4, 0.5) is 0 Å². The van der Waals surface area contributed by atoms with Crippen LogP contribution in [0.5, 0.6) is 0 Å². The first-order chi connectivity index (χ1) is 6.97. The summed E-state index contributed by atoms with van der Waals surface area (Å²) in [7, 11) is 0. The Balaban J connectivity index is 4.04. The van der Waals surface area contributed by atoms with E-state index >= 15 is 0 Å². The van der Waals surface area contributed by atoms with Crippen LogP contribution >= 0.6 is 0 Å². The largest absolute Gasteiger partial charge is 0.0764 e. The van der Waals surface area contributed by atoms with Crippen molar-refractivity contribution in [2.45, 2.75) is 60.8 Å². The van der Waals surface area contributed by atoms with Gasteiger partial charge in [0.15, 0.2) is 0 Å². The lowest BCUT2D eigenvalue weighted by Gasteiger charge is -2.14. The molecular formula is C15H28. The summed E-state index contributed by atoms with van der Waals surface area (Å²) in [5.41, 5.74) is 2.89. The maximum absolute atomic E-state index is 2.35. The summed E-state index contributed by atoms with van der Waals surface area (Å²) in [5, 5.41) is 0. The van der Waals surface area contributed by atoms with Crippen molar-refractivity contribution < 1.29 is 0 Å². The third kappa shape index (κ3) is 7.41. The second kappa shape index (κ2) is 7.73. The zero-order valence-corrected chi connectivity index (χ0v) is 11.4. The third-order valence-electron chi connectivity index (χ3n) is 3.25. The fraction of sp³-hybridized carbons (Fsp3) is 0.733. The van der Waals surface area contributed by atoms with Crippen molar-refractivity contribution in [3.8, 4) is 0 Å². The van der Waals surface area contributed by atoms with Gasteiger partial charge < -0.3 is 0 Å². The molecule has 0 aromatic heterocycles. The van der Waals surface area contributed by atoms with Gasteiger partial charge in [-0.3, -0.25) is 0 Å². The van der Waals surface area contributed by atoms with Crippen LogP contribution in [-0.4, -0.2) is 0 Å². The van der Waals surface area contributed by atoms with Gasteiger partial charge in [-0.1, -0.05) is 56.9 Å². The van der Waals surface area contributed by atoms with E-state index in [4.69, 9.17) is 0 Å². The van der Waals surface area contributed by atoms with E-state index in [9.17, 15) is 0 Å². The summed E-state index contributed by atoms with van der Waals surface area (Å²) in [5.74, 6) is 1.61. The Labute approximate surface area is 96.5 Å². The van der Waals surface area contributed by atoms with Crippen molar-refractivity contribution in [2.24, 2.45) is 11.8 Å². The van der Waals surface area contributed by atoms with Crippen molar-refractivity contribution in [2.75, 3.05) is 0 Å². The Hall–Kier alpha value is -0.520. The zero-order chi connectivity index (χ0) is 11.8. The fourth-order valence-electron chi connectivity index (χ4n) is 1.43. The Morgan fingerprint density at radius 3 is 2.07 bits per heavy atom. The maximum Gasteiger partial charge on any atom is -0.0231 e. The SMILES string of the molecule is CCC(C)CCC(C)/C(C)=C/C=C(C)C. The average Bonchev–Trinajstić information content (AvgIpc) is 2.21. The van der Waals surface area contributed by atoms with E-state index in [-0.39, 0.29) is 0 Å². The summed E-state index contributed by atoms with van der Waals surface area (Å²) in [6, 6.07) is 0. The molecule has 0 spiro atoms. The first-order valence-corrected chi connectivity index (χ1v) is 6.29. The van der Waals surface area contributed by atoms with Crippen LogP contribution in [0.3, 0.4) is 0 Å². The van der Waals surface area contributed by atoms with Gasteiger partial charge in [0.1, 0.15) is 0 Å². The van der Waals surface area contributed by atoms with Crippen LogP contribution in [-0.2, 0) is 0 Å². The summed E-state index contributed by atoms with van der Waals surface area (Å²) >= 11 is 0. The molecule has 2 unspecified atom stereocenters. The molecule has 15 heavy (non-hydrogen) atoms. The minimum Gasteiger partial charge on any atom is -0.0764 e. The van der Waals surface area contributed by atoms with E-state index < -0.39 is 0 Å². The molecule has 0 heteroatoms. The average molecular weight is 208 g/mol. The summed E-state index contributed by atoms with van der Waals surface area (Å²) < 4.78 is 0. The Kier molecular flexibility index (Phi) is 7.46. The van der Waals surface area contributed by atoms with Crippen molar-refractivity contribution in [3.63, 3.8) is 0 Å². The predicted molar refractivity (Wildman–Crippen MR) is 71.0 cm³/mol. The monoisotopic (exact) mass is 208 g/mol. The van der Waals surface area contributed by atoms with E-state index in [1.54, 1.807) is 0 Å². The molecule has 0 saturated heterocycles. The van der Waals surface area contributed by atoms with E-state index in [2.05, 4.69) is 53.7 Å². The molecule has 0 rings (SSSR count). The lowest BCUT2D eigenvalue weighted by molar-refractivity contribution is 0.451. The normalized spacial score (nSPS) is 16.0. The van der Waals surface area contributed by atoms with Gasteiger partial charge in [0.25, 0.3) is 0 Å². The van der Waals surface area contributed by atoms with Crippen LogP contribution in [0.2, 0.25) is 0 Å². The minimum atomic E-state index is 0.731. The molecule has 88 valence electrons. The highest BCUT2D eigenvalue weighted by atomic mass is 14.1. The van der Waals surface area contributed by atoms with Crippen LogP contribution in [0.25, 0.3) is 0 Å². The molecule has 0 aromatic carbocycles. The molecule has 0 aliphatic heterocycles. The van der Waals surface area contributed by atoms with Gasteiger partial charge in [-0.25, -0.2) is 0 Å². The highest BCUT2D eigenvalue weighted by Crippen LogP contribution is 2.20. The lowest BCUT2D eigenvalue weighted by Crippen LogP contribution is -2.00. The molecule has 0 aliphatic rings. The van der Waals surface area contributed by atoms with Crippen molar-refractivity contribution >= 4 is 0 Å². The van der Waals surface area contributed by atoms with Gasteiger partial charge in [-0.15, -0.1) is 0 Å². The molecule has 2 atom stereocenters. The van der Waals surface area contributed by atoms with E-state index in [1.807, 2.05) is 0 Å². The third-order valence-corrected chi connectivity index (χ3v) is 3.25. The molecule has 0 radical (unpaired) electrons. The van der Waals surface area contributed by atoms with Gasteiger partial charge >= 0.3 is 0 Å². The maximum atomic E-state index is 2.35. The van der Waals surface area contributed by atoms with Crippen LogP contribution in [0.1, 0.15) is 60.8 Å². The topological polar surface area (TPSA) is 0 Å². The van der Waals surface area contributed by atoms with E-state index in [0.29, 0.717) is 0 Å². The molecular weight excluding hydrogens is 180 g/mol. The molecule has 0 heterocycles. The van der Waals surface area contributed by atoms with E-state index in [1.165, 1.54) is 30.4 Å². The number of hydrogen-bond donors (Lipinski definition) is 0. The summed E-state index contributed by atoms with van der Waals surface area (Å²) in [6.45, 7) is 13.5. The smallest absolute Gasteiger partial charge is 0.0231 e. The van der Waals surface area contributed by atoms with Crippen LogP contribution in [0, 0.1) is 11.8 Å². The van der Waals surface area contributed by atoms with Gasteiger partial charge in [-0.05, 0) is 39.0 Å². The molecule has 0 fully saturated rings. The highest BCUT2D eigenvalue weighted by molar-refractivity contribution is 5.15. The molecule has 0 bridgehead atoms. The predicted octanol–water partition coefficient (Wildman–Crippen LogP) is 5.36. The Morgan fingerprint density at radius 1 is 1.00 bits per heavy atom. The molecule has 0 saturated carbocycles. The number of rotatable bonds is 6. The van der Waals surface area contributed by atoms with Gasteiger partial charge in [0, 0.05) is 0 Å². The molecule has 0 nitrogen and oxygen atoms in total. The van der Waals surface area contributed by atoms with E-state index in [0.717, 1.165) is 11.8 Å². The molecule has 0 aromatic rings. The standard InChI is InChI=1S/C15H28/c1-7-13(4)9-11-15(6)14(5)10-8-12(2)3/h8,10,13,15H,7,9,11H2,1-6H3/b14-10+.